The van der Waals surface area contributed by atoms with Crippen LogP contribution in [0, 0.1) is 0 Å². The lowest BCUT2D eigenvalue weighted by Crippen LogP contribution is -2.22. The maximum atomic E-state index is 12.5. The largest absolute Gasteiger partial charge is 0.463 e. The molecule has 4 heteroatoms. The van der Waals surface area contributed by atoms with Gasteiger partial charge in [-0.3, -0.25) is 0 Å². The Morgan fingerprint density at radius 1 is 0.957 bits per heavy atom. The number of aryl methyl sites for hydroxylation is 1. The molecule has 2 aromatic rings. The quantitative estimate of drug-likeness (QED) is 0.763. The first-order valence-electron chi connectivity index (χ1n) is 7.67. The number of benzene rings is 2. The first-order chi connectivity index (χ1) is 11.2. The van der Waals surface area contributed by atoms with E-state index in [0.29, 0.717) is 17.5 Å². The molecule has 4 nitrogen and oxygen atoms in total. The number of carbonyl (C=O) groups excluding carboxylic acids is 2. The normalized spacial score (nSPS) is 11.6. The maximum Gasteiger partial charge on any atom is 0.352 e. The summed E-state index contributed by atoms with van der Waals surface area (Å²) in [5.41, 5.74) is 1.95. The monoisotopic (exact) mass is 312 g/mol. The summed E-state index contributed by atoms with van der Waals surface area (Å²) in [6, 6.07) is 16.1. The highest BCUT2D eigenvalue weighted by atomic mass is 16.6. The predicted molar refractivity (Wildman–Crippen MR) is 87.1 cm³/mol. The Hall–Kier alpha value is -2.62. The van der Waals surface area contributed by atoms with Gasteiger partial charge in [0.15, 0.2) is 0 Å². The van der Waals surface area contributed by atoms with Crippen molar-refractivity contribution >= 4 is 11.9 Å². The molecule has 0 aliphatic rings. The Balaban J connectivity index is 2.27. The minimum atomic E-state index is -1.06. The van der Waals surface area contributed by atoms with E-state index < -0.39 is 18.0 Å². The molecule has 0 aromatic heterocycles. The van der Waals surface area contributed by atoms with Crippen molar-refractivity contribution < 1.29 is 19.1 Å². The molecule has 0 saturated heterocycles. The Bertz CT molecular complexity index is 664. The van der Waals surface area contributed by atoms with Crippen molar-refractivity contribution in [2.75, 3.05) is 6.61 Å². The van der Waals surface area contributed by atoms with Gasteiger partial charge in [-0.2, -0.15) is 0 Å². The average Bonchev–Trinajstić information content (AvgIpc) is 2.60. The third-order valence-corrected chi connectivity index (χ3v) is 3.45. The second-order valence-electron chi connectivity index (χ2n) is 4.96. The molecular weight excluding hydrogens is 292 g/mol. The molecule has 0 N–H and O–H groups in total. The van der Waals surface area contributed by atoms with Crippen LogP contribution < -0.4 is 0 Å². The molecule has 2 rings (SSSR count). The fourth-order valence-electron chi connectivity index (χ4n) is 2.30. The van der Waals surface area contributed by atoms with Crippen LogP contribution in [0.15, 0.2) is 54.6 Å². The number of esters is 2. The van der Waals surface area contributed by atoms with Gasteiger partial charge in [0.2, 0.25) is 6.10 Å². The van der Waals surface area contributed by atoms with Gasteiger partial charge >= 0.3 is 11.9 Å². The van der Waals surface area contributed by atoms with Crippen LogP contribution in [0.5, 0.6) is 0 Å². The molecule has 0 heterocycles. The molecule has 0 amide bonds. The van der Waals surface area contributed by atoms with E-state index in [2.05, 4.69) is 0 Å². The molecule has 2 aromatic carbocycles. The van der Waals surface area contributed by atoms with E-state index in [-0.39, 0.29) is 6.61 Å². The van der Waals surface area contributed by atoms with Gasteiger partial charge in [-0.1, -0.05) is 55.5 Å². The van der Waals surface area contributed by atoms with E-state index in [1.165, 1.54) is 0 Å². The number of rotatable bonds is 6. The summed E-state index contributed by atoms with van der Waals surface area (Å²) in [4.78, 5) is 24.7. The van der Waals surface area contributed by atoms with Gasteiger partial charge in [0.25, 0.3) is 0 Å². The van der Waals surface area contributed by atoms with Gasteiger partial charge in [-0.25, -0.2) is 9.59 Å². The zero-order chi connectivity index (χ0) is 16.7. The van der Waals surface area contributed by atoms with E-state index in [0.717, 1.165) is 5.56 Å². The van der Waals surface area contributed by atoms with Crippen molar-refractivity contribution in [1.82, 2.24) is 0 Å². The average molecular weight is 312 g/mol. The summed E-state index contributed by atoms with van der Waals surface area (Å²) in [6.07, 6.45) is -0.353. The molecule has 0 bridgehead atoms. The Morgan fingerprint density at radius 3 is 2.26 bits per heavy atom. The van der Waals surface area contributed by atoms with Crippen LogP contribution in [-0.2, 0) is 20.7 Å². The SMILES string of the molecule is CCOC(=O)C(OC(=O)c1ccccc1CC)c1ccccc1. The minimum absolute atomic E-state index is 0.227. The first-order valence-corrected chi connectivity index (χ1v) is 7.67. The van der Waals surface area contributed by atoms with Gasteiger partial charge in [-0.05, 0) is 25.0 Å². The molecule has 0 fully saturated rings. The number of hydrogen-bond donors (Lipinski definition) is 0. The first kappa shape index (κ1) is 16.7. The molecule has 0 aliphatic carbocycles. The van der Waals surface area contributed by atoms with E-state index in [1.807, 2.05) is 25.1 Å². The maximum absolute atomic E-state index is 12.5. The molecular formula is C19H20O4. The minimum Gasteiger partial charge on any atom is -0.463 e. The zero-order valence-electron chi connectivity index (χ0n) is 13.3. The lowest BCUT2D eigenvalue weighted by molar-refractivity contribution is -0.153. The second-order valence-corrected chi connectivity index (χ2v) is 4.96. The van der Waals surface area contributed by atoms with Crippen LogP contribution in [0.2, 0.25) is 0 Å². The van der Waals surface area contributed by atoms with Crippen molar-refractivity contribution in [3.63, 3.8) is 0 Å². The zero-order valence-corrected chi connectivity index (χ0v) is 13.3. The summed E-state index contributed by atoms with van der Waals surface area (Å²) in [6.45, 7) is 3.91. The molecule has 0 aliphatic heterocycles. The lowest BCUT2D eigenvalue weighted by atomic mass is 10.1. The summed E-state index contributed by atoms with van der Waals surface area (Å²) in [7, 11) is 0. The van der Waals surface area contributed by atoms with Crippen molar-refractivity contribution in [2.24, 2.45) is 0 Å². The van der Waals surface area contributed by atoms with Gasteiger partial charge in [0.05, 0.1) is 12.2 Å². The van der Waals surface area contributed by atoms with Crippen LogP contribution in [0.3, 0.4) is 0 Å². The Morgan fingerprint density at radius 2 is 1.61 bits per heavy atom. The van der Waals surface area contributed by atoms with E-state index >= 15 is 0 Å². The number of hydrogen-bond acceptors (Lipinski definition) is 4. The van der Waals surface area contributed by atoms with Crippen LogP contribution in [0.1, 0.15) is 41.4 Å². The Kier molecular flexibility index (Phi) is 5.92. The molecule has 0 radical (unpaired) electrons. The van der Waals surface area contributed by atoms with Crippen molar-refractivity contribution in [3.05, 3.63) is 71.3 Å². The second kappa shape index (κ2) is 8.13. The summed E-state index contributed by atoms with van der Waals surface area (Å²) in [5.74, 6) is -1.09. The molecule has 120 valence electrons. The highest BCUT2D eigenvalue weighted by Gasteiger charge is 2.27. The summed E-state index contributed by atoms with van der Waals surface area (Å²) in [5, 5.41) is 0. The Labute approximate surface area is 136 Å². The number of carbonyl (C=O) groups is 2. The lowest BCUT2D eigenvalue weighted by Gasteiger charge is -2.17. The number of ether oxygens (including phenoxy) is 2. The van der Waals surface area contributed by atoms with Gasteiger partial charge in [0.1, 0.15) is 0 Å². The molecule has 1 unspecified atom stereocenters. The van der Waals surface area contributed by atoms with Crippen molar-refractivity contribution in [3.8, 4) is 0 Å². The third-order valence-electron chi connectivity index (χ3n) is 3.45. The third kappa shape index (κ3) is 4.19. The van der Waals surface area contributed by atoms with E-state index in [9.17, 15) is 9.59 Å². The topological polar surface area (TPSA) is 52.6 Å². The van der Waals surface area contributed by atoms with Crippen LogP contribution in [0.4, 0.5) is 0 Å². The fraction of sp³-hybridized carbons (Fsp3) is 0.263. The standard InChI is InChI=1S/C19H20O4/c1-3-14-10-8-9-13-16(14)18(20)23-17(19(21)22-4-2)15-11-6-5-7-12-15/h5-13,17H,3-4H2,1-2H3. The highest BCUT2D eigenvalue weighted by Crippen LogP contribution is 2.22. The molecule has 23 heavy (non-hydrogen) atoms. The van der Waals surface area contributed by atoms with Crippen LogP contribution in [0.25, 0.3) is 0 Å². The van der Waals surface area contributed by atoms with E-state index in [4.69, 9.17) is 9.47 Å². The van der Waals surface area contributed by atoms with Crippen molar-refractivity contribution in [1.29, 1.82) is 0 Å². The molecule has 0 saturated carbocycles. The van der Waals surface area contributed by atoms with Crippen LogP contribution >= 0.6 is 0 Å². The van der Waals surface area contributed by atoms with E-state index in [1.54, 1.807) is 43.3 Å². The van der Waals surface area contributed by atoms with Gasteiger partial charge < -0.3 is 9.47 Å². The van der Waals surface area contributed by atoms with Gasteiger partial charge in [-0.15, -0.1) is 0 Å². The summed E-state index contributed by atoms with van der Waals surface area (Å²) < 4.78 is 10.5. The smallest absolute Gasteiger partial charge is 0.352 e. The molecule has 0 spiro atoms. The highest BCUT2D eigenvalue weighted by molar-refractivity contribution is 5.93. The van der Waals surface area contributed by atoms with Crippen molar-refractivity contribution in [2.45, 2.75) is 26.4 Å². The van der Waals surface area contributed by atoms with Gasteiger partial charge in [0, 0.05) is 5.56 Å². The summed E-state index contributed by atoms with van der Waals surface area (Å²) >= 11 is 0. The predicted octanol–water partition coefficient (Wildman–Crippen LogP) is 3.71. The fourth-order valence-corrected chi connectivity index (χ4v) is 2.30. The molecule has 1 atom stereocenters. The van der Waals surface area contributed by atoms with Crippen LogP contribution in [-0.4, -0.2) is 18.5 Å².